The quantitative estimate of drug-likeness (QED) is 0.532. The third-order valence-electron chi connectivity index (χ3n) is 4.13. The van der Waals surface area contributed by atoms with Gasteiger partial charge in [-0.3, -0.25) is 10.1 Å². The van der Waals surface area contributed by atoms with E-state index >= 15 is 0 Å². The molecule has 1 fully saturated rings. The van der Waals surface area contributed by atoms with Gasteiger partial charge in [0.05, 0.1) is 0 Å². The summed E-state index contributed by atoms with van der Waals surface area (Å²) in [6.07, 6.45) is 5.51. The van der Waals surface area contributed by atoms with Gasteiger partial charge in [-0.05, 0) is 30.7 Å². The predicted molar refractivity (Wildman–Crippen MR) is 111 cm³/mol. The van der Waals surface area contributed by atoms with E-state index in [1.165, 1.54) is 28.0 Å². The Morgan fingerprint density at radius 3 is 2.89 bits per heavy atom. The largest absolute Gasteiger partial charge is 0.360 e. The van der Waals surface area contributed by atoms with Crippen molar-refractivity contribution in [3.63, 3.8) is 0 Å². The molecule has 146 valence electrons. The van der Waals surface area contributed by atoms with Crippen molar-refractivity contribution in [2.24, 2.45) is 0 Å². The molecule has 0 saturated heterocycles. The molecule has 2 heterocycles. The average molecular weight is 426 g/mol. The molecular formula is C17H23N5O2S3. The van der Waals surface area contributed by atoms with E-state index in [0.717, 1.165) is 48.1 Å². The first kappa shape index (κ1) is 20.1. The first-order valence-corrected chi connectivity index (χ1v) is 11.7. The number of amides is 3. The monoisotopic (exact) mass is 425 g/mol. The second-order valence-electron chi connectivity index (χ2n) is 6.23. The Bertz CT molecular complexity index is 729. The van der Waals surface area contributed by atoms with Crippen LogP contribution >= 0.6 is 34.4 Å². The molecule has 3 N–H and O–H groups in total. The number of hydrogen-bond acceptors (Lipinski definition) is 8. The molecule has 1 saturated carbocycles. The van der Waals surface area contributed by atoms with E-state index in [2.05, 4.69) is 37.6 Å². The van der Waals surface area contributed by atoms with Gasteiger partial charge in [0.1, 0.15) is 0 Å². The molecule has 3 amide bonds. The number of nitrogens with zero attached hydrogens (tertiary/aromatic N) is 2. The Morgan fingerprint density at radius 1 is 1.26 bits per heavy atom. The molecule has 0 unspecified atom stereocenters. The van der Waals surface area contributed by atoms with Crippen LogP contribution in [-0.4, -0.2) is 40.5 Å². The fraction of sp³-hybridized carbons (Fsp3) is 0.529. The Hall–Kier alpha value is -1.65. The number of carbonyl (C=O) groups excluding carboxylic acids is 2. The molecule has 0 spiro atoms. The van der Waals surface area contributed by atoms with Crippen molar-refractivity contribution in [3.8, 4) is 0 Å². The zero-order valence-corrected chi connectivity index (χ0v) is 17.4. The number of urea groups is 1. The summed E-state index contributed by atoms with van der Waals surface area (Å²) >= 11 is 4.70. The normalized spacial score (nSPS) is 14.2. The molecule has 0 aromatic carbocycles. The highest BCUT2D eigenvalue weighted by molar-refractivity contribution is 8.01. The third-order valence-corrected chi connectivity index (χ3v) is 7.08. The summed E-state index contributed by atoms with van der Waals surface area (Å²) in [6, 6.07) is 3.99. The average Bonchev–Trinajstić information content (AvgIpc) is 3.38. The van der Waals surface area contributed by atoms with Crippen molar-refractivity contribution in [3.05, 3.63) is 22.4 Å². The van der Waals surface area contributed by atoms with Crippen LogP contribution in [0.3, 0.4) is 0 Å². The highest BCUT2D eigenvalue weighted by Gasteiger charge is 2.18. The van der Waals surface area contributed by atoms with E-state index in [4.69, 9.17) is 0 Å². The van der Waals surface area contributed by atoms with Gasteiger partial charge in [-0.25, -0.2) is 4.79 Å². The van der Waals surface area contributed by atoms with Gasteiger partial charge in [0.25, 0.3) is 0 Å². The Labute approximate surface area is 170 Å². The van der Waals surface area contributed by atoms with Gasteiger partial charge < -0.3 is 10.6 Å². The van der Waals surface area contributed by atoms with E-state index < -0.39 is 0 Å². The van der Waals surface area contributed by atoms with Crippen molar-refractivity contribution in [1.82, 2.24) is 20.8 Å². The van der Waals surface area contributed by atoms with Crippen LogP contribution in [-0.2, 0) is 11.2 Å². The number of thioether (sulfide) groups is 1. The minimum atomic E-state index is -0.384. The topological polar surface area (TPSA) is 96.0 Å². The third kappa shape index (κ3) is 7.11. The van der Waals surface area contributed by atoms with Crippen LogP contribution < -0.4 is 16.0 Å². The molecule has 2 aromatic heterocycles. The summed E-state index contributed by atoms with van der Waals surface area (Å²) in [7, 11) is 0. The van der Waals surface area contributed by atoms with Crippen LogP contribution in [0.5, 0.6) is 0 Å². The predicted octanol–water partition coefficient (Wildman–Crippen LogP) is 3.50. The zero-order valence-electron chi connectivity index (χ0n) is 14.9. The SMILES string of the molecule is O=C(CCSc1nnc(NCCc2cccs2)s1)NC(=O)NC1CCCC1. The van der Waals surface area contributed by atoms with Gasteiger partial charge in [-0.2, -0.15) is 0 Å². The lowest BCUT2D eigenvalue weighted by Gasteiger charge is -2.11. The van der Waals surface area contributed by atoms with Gasteiger partial charge in [-0.1, -0.05) is 42.0 Å². The molecule has 1 aliphatic rings. The summed E-state index contributed by atoms with van der Waals surface area (Å²) in [4.78, 5) is 24.9. The lowest BCUT2D eigenvalue weighted by Crippen LogP contribution is -2.43. The number of imide groups is 1. The smallest absolute Gasteiger partial charge is 0.321 e. The number of thiophene rings is 1. The van der Waals surface area contributed by atoms with Crippen LogP contribution in [0.1, 0.15) is 37.0 Å². The fourth-order valence-electron chi connectivity index (χ4n) is 2.80. The molecule has 7 nitrogen and oxygen atoms in total. The lowest BCUT2D eigenvalue weighted by molar-refractivity contribution is -0.119. The maximum absolute atomic E-state index is 11.8. The molecular weight excluding hydrogens is 402 g/mol. The van der Waals surface area contributed by atoms with Crippen LogP contribution in [0.2, 0.25) is 0 Å². The second-order valence-corrected chi connectivity index (χ2v) is 9.58. The van der Waals surface area contributed by atoms with Crippen molar-refractivity contribution in [2.45, 2.75) is 48.9 Å². The first-order chi connectivity index (χ1) is 13.2. The van der Waals surface area contributed by atoms with E-state index in [0.29, 0.717) is 5.75 Å². The maximum atomic E-state index is 11.8. The summed E-state index contributed by atoms with van der Waals surface area (Å²) in [6.45, 7) is 0.818. The number of nitrogens with one attached hydrogen (secondary N) is 3. The van der Waals surface area contributed by atoms with Crippen molar-refractivity contribution in [2.75, 3.05) is 17.6 Å². The highest BCUT2D eigenvalue weighted by atomic mass is 32.2. The summed E-state index contributed by atoms with van der Waals surface area (Å²) < 4.78 is 0.817. The summed E-state index contributed by atoms with van der Waals surface area (Å²) in [5.41, 5.74) is 0. The van der Waals surface area contributed by atoms with Gasteiger partial charge in [0.2, 0.25) is 11.0 Å². The molecule has 0 radical (unpaired) electrons. The fourth-order valence-corrected chi connectivity index (χ4v) is 5.29. The number of aromatic nitrogens is 2. The standard InChI is InChI=1S/C17H23N5O2S3/c23-14(20-15(24)19-12-4-1-2-5-12)8-11-26-17-22-21-16(27-17)18-9-7-13-6-3-10-25-13/h3,6,10,12H,1-2,4-5,7-9,11H2,(H,18,21)(H2,19,20,23,24). The molecule has 0 atom stereocenters. The summed E-state index contributed by atoms with van der Waals surface area (Å²) in [5, 5.41) is 19.6. The Kier molecular flexibility index (Phi) is 7.91. The van der Waals surface area contributed by atoms with Crippen molar-refractivity contribution < 1.29 is 9.59 Å². The maximum Gasteiger partial charge on any atom is 0.321 e. The number of hydrogen-bond donors (Lipinski definition) is 3. The van der Waals surface area contributed by atoms with Crippen LogP contribution in [0.25, 0.3) is 0 Å². The van der Waals surface area contributed by atoms with Gasteiger partial charge in [-0.15, -0.1) is 21.5 Å². The molecule has 10 heteroatoms. The molecule has 0 aliphatic heterocycles. The van der Waals surface area contributed by atoms with E-state index in [-0.39, 0.29) is 24.4 Å². The molecule has 2 aromatic rings. The van der Waals surface area contributed by atoms with Crippen LogP contribution in [0.4, 0.5) is 9.93 Å². The molecule has 1 aliphatic carbocycles. The Morgan fingerprint density at radius 2 is 2.11 bits per heavy atom. The minimum Gasteiger partial charge on any atom is -0.360 e. The van der Waals surface area contributed by atoms with Crippen molar-refractivity contribution >= 4 is 51.5 Å². The number of carbonyl (C=O) groups is 2. The highest BCUT2D eigenvalue weighted by Crippen LogP contribution is 2.26. The minimum absolute atomic E-state index is 0.208. The van der Waals surface area contributed by atoms with E-state index in [9.17, 15) is 9.59 Å². The van der Waals surface area contributed by atoms with E-state index in [1.54, 1.807) is 11.3 Å². The first-order valence-electron chi connectivity index (χ1n) is 9.02. The number of rotatable bonds is 9. The van der Waals surface area contributed by atoms with Gasteiger partial charge >= 0.3 is 6.03 Å². The van der Waals surface area contributed by atoms with E-state index in [1.807, 2.05) is 6.07 Å². The number of anilines is 1. The second kappa shape index (κ2) is 10.6. The molecule has 27 heavy (non-hydrogen) atoms. The Balaban J connectivity index is 1.28. The van der Waals surface area contributed by atoms with Crippen LogP contribution in [0, 0.1) is 0 Å². The molecule has 0 bridgehead atoms. The lowest BCUT2D eigenvalue weighted by atomic mass is 10.2. The zero-order chi connectivity index (χ0) is 18.9. The van der Waals surface area contributed by atoms with Crippen LogP contribution in [0.15, 0.2) is 21.9 Å². The van der Waals surface area contributed by atoms with Gasteiger partial charge in [0.15, 0.2) is 4.34 Å². The molecule has 3 rings (SSSR count). The van der Waals surface area contributed by atoms with Gasteiger partial charge in [0, 0.05) is 29.6 Å². The van der Waals surface area contributed by atoms with Crippen molar-refractivity contribution in [1.29, 1.82) is 0 Å². The summed E-state index contributed by atoms with van der Waals surface area (Å²) in [5.74, 6) is 0.295.